The summed E-state index contributed by atoms with van der Waals surface area (Å²) in [6.07, 6.45) is 0. The molecule has 0 spiro atoms. The second kappa shape index (κ2) is 7.73. The van der Waals surface area contributed by atoms with Gasteiger partial charge in [-0.05, 0) is 36.1 Å². The molecule has 1 aliphatic heterocycles. The SMILES string of the molecule is Cc1cccc(NC(=O)C[NH+]2CC[NH+](Cc3cccs3)CC2)c1. The first kappa shape index (κ1) is 16.2. The molecule has 0 unspecified atom stereocenters. The van der Waals surface area contributed by atoms with E-state index in [0.717, 1.165) is 38.4 Å². The van der Waals surface area contributed by atoms with Crippen molar-refractivity contribution in [1.82, 2.24) is 0 Å². The molecule has 0 radical (unpaired) electrons. The molecule has 1 fully saturated rings. The van der Waals surface area contributed by atoms with Gasteiger partial charge in [-0.15, -0.1) is 11.3 Å². The molecule has 3 rings (SSSR count). The maximum Gasteiger partial charge on any atom is 0.279 e. The fourth-order valence-electron chi connectivity index (χ4n) is 3.13. The van der Waals surface area contributed by atoms with Gasteiger partial charge in [0, 0.05) is 5.69 Å². The van der Waals surface area contributed by atoms with Crippen molar-refractivity contribution in [2.75, 3.05) is 38.0 Å². The Bertz CT molecular complexity index is 633. The molecule has 1 saturated heterocycles. The van der Waals surface area contributed by atoms with E-state index in [1.165, 1.54) is 15.3 Å². The van der Waals surface area contributed by atoms with Crippen molar-refractivity contribution in [3.8, 4) is 0 Å². The number of carbonyl (C=O) groups excluding carboxylic acids is 1. The summed E-state index contributed by atoms with van der Waals surface area (Å²) in [7, 11) is 0. The number of benzene rings is 1. The van der Waals surface area contributed by atoms with Crippen LogP contribution in [0.25, 0.3) is 0 Å². The maximum absolute atomic E-state index is 12.2. The highest BCUT2D eigenvalue weighted by molar-refractivity contribution is 7.09. The minimum Gasteiger partial charge on any atom is -0.321 e. The van der Waals surface area contributed by atoms with Crippen molar-refractivity contribution < 1.29 is 14.6 Å². The number of aryl methyl sites for hydroxylation is 1. The van der Waals surface area contributed by atoms with Crippen molar-refractivity contribution in [2.24, 2.45) is 0 Å². The zero-order valence-corrected chi connectivity index (χ0v) is 14.4. The van der Waals surface area contributed by atoms with Gasteiger partial charge in [-0.2, -0.15) is 0 Å². The Morgan fingerprint density at radius 1 is 1.13 bits per heavy atom. The number of carbonyl (C=O) groups is 1. The molecule has 1 amide bonds. The van der Waals surface area contributed by atoms with Gasteiger partial charge in [-0.3, -0.25) is 4.79 Å². The predicted molar refractivity (Wildman–Crippen MR) is 94.1 cm³/mol. The zero-order valence-electron chi connectivity index (χ0n) is 13.6. The van der Waals surface area contributed by atoms with Crippen LogP contribution in [0.5, 0.6) is 0 Å². The lowest BCUT2D eigenvalue weighted by atomic mass is 10.2. The van der Waals surface area contributed by atoms with Gasteiger partial charge < -0.3 is 15.1 Å². The third-order valence-electron chi connectivity index (χ3n) is 4.38. The van der Waals surface area contributed by atoms with E-state index in [-0.39, 0.29) is 5.91 Å². The molecule has 23 heavy (non-hydrogen) atoms. The topological polar surface area (TPSA) is 38.0 Å². The number of anilines is 1. The number of hydrogen-bond donors (Lipinski definition) is 3. The summed E-state index contributed by atoms with van der Waals surface area (Å²) in [5.41, 5.74) is 2.07. The van der Waals surface area contributed by atoms with E-state index in [0.29, 0.717) is 6.54 Å². The molecule has 1 aliphatic rings. The number of nitrogens with one attached hydrogen (secondary N) is 3. The van der Waals surface area contributed by atoms with Crippen LogP contribution in [0.15, 0.2) is 41.8 Å². The highest BCUT2D eigenvalue weighted by Gasteiger charge is 2.25. The van der Waals surface area contributed by atoms with Crippen molar-refractivity contribution in [1.29, 1.82) is 0 Å². The van der Waals surface area contributed by atoms with E-state index < -0.39 is 0 Å². The first-order chi connectivity index (χ1) is 11.2. The summed E-state index contributed by atoms with van der Waals surface area (Å²) in [6, 6.07) is 12.3. The fourth-order valence-corrected chi connectivity index (χ4v) is 3.90. The number of thiophene rings is 1. The molecular weight excluding hydrogens is 306 g/mol. The summed E-state index contributed by atoms with van der Waals surface area (Å²) >= 11 is 1.84. The smallest absolute Gasteiger partial charge is 0.279 e. The highest BCUT2D eigenvalue weighted by Crippen LogP contribution is 2.08. The molecule has 0 atom stereocenters. The van der Waals surface area contributed by atoms with Crippen molar-refractivity contribution >= 4 is 22.9 Å². The lowest BCUT2D eigenvalue weighted by molar-refractivity contribution is -1.01. The number of amides is 1. The highest BCUT2D eigenvalue weighted by atomic mass is 32.1. The first-order valence-electron chi connectivity index (χ1n) is 8.25. The summed E-state index contributed by atoms with van der Waals surface area (Å²) in [6.45, 7) is 8.16. The minimum atomic E-state index is 0.118. The Morgan fingerprint density at radius 2 is 1.91 bits per heavy atom. The van der Waals surface area contributed by atoms with Crippen LogP contribution in [0.2, 0.25) is 0 Å². The Kier molecular flexibility index (Phi) is 5.43. The van der Waals surface area contributed by atoms with Crippen LogP contribution in [0.4, 0.5) is 5.69 Å². The van der Waals surface area contributed by atoms with E-state index in [2.05, 4.69) is 22.8 Å². The van der Waals surface area contributed by atoms with Crippen LogP contribution in [-0.4, -0.2) is 38.6 Å². The Hall–Kier alpha value is -1.69. The normalized spacial score (nSPS) is 21.1. The predicted octanol–water partition coefficient (Wildman–Crippen LogP) is -0.0214. The first-order valence-corrected chi connectivity index (χ1v) is 9.13. The van der Waals surface area contributed by atoms with E-state index in [4.69, 9.17) is 0 Å². The number of piperazine rings is 1. The Morgan fingerprint density at radius 3 is 2.61 bits per heavy atom. The van der Waals surface area contributed by atoms with E-state index in [1.54, 1.807) is 4.90 Å². The Balaban J connectivity index is 1.42. The molecule has 5 heteroatoms. The van der Waals surface area contributed by atoms with Gasteiger partial charge in [0.05, 0.1) is 4.88 Å². The van der Waals surface area contributed by atoms with Crippen molar-refractivity contribution in [3.05, 3.63) is 52.2 Å². The van der Waals surface area contributed by atoms with Gasteiger partial charge in [0.1, 0.15) is 32.7 Å². The summed E-state index contributed by atoms with van der Waals surface area (Å²) in [5.74, 6) is 0.118. The molecular formula is C18H25N3OS+2. The standard InChI is InChI=1S/C18H23N3OS/c1-15-4-2-5-16(12-15)19-18(22)14-21-9-7-20(8-10-21)13-17-6-3-11-23-17/h2-6,11-12H,7-10,13-14H2,1H3,(H,19,22)/p+2. The average Bonchev–Trinajstić information content (AvgIpc) is 3.02. The van der Waals surface area contributed by atoms with Crippen molar-refractivity contribution in [2.45, 2.75) is 13.5 Å². The van der Waals surface area contributed by atoms with Gasteiger partial charge >= 0.3 is 0 Å². The molecule has 2 heterocycles. The molecule has 1 aromatic heterocycles. The van der Waals surface area contributed by atoms with E-state index in [9.17, 15) is 4.79 Å². The number of rotatable bonds is 5. The van der Waals surface area contributed by atoms with Crippen molar-refractivity contribution in [3.63, 3.8) is 0 Å². The lowest BCUT2D eigenvalue weighted by Gasteiger charge is -2.29. The van der Waals surface area contributed by atoms with Crippen LogP contribution in [0.1, 0.15) is 10.4 Å². The molecule has 0 bridgehead atoms. The third kappa shape index (κ3) is 4.89. The minimum absolute atomic E-state index is 0.118. The quantitative estimate of drug-likeness (QED) is 0.708. The largest absolute Gasteiger partial charge is 0.321 e. The van der Waals surface area contributed by atoms with Gasteiger partial charge in [0.2, 0.25) is 0 Å². The second-order valence-electron chi connectivity index (χ2n) is 6.35. The molecule has 2 aromatic rings. The van der Waals surface area contributed by atoms with Gasteiger partial charge in [-0.1, -0.05) is 18.2 Å². The average molecular weight is 331 g/mol. The van der Waals surface area contributed by atoms with Gasteiger partial charge in [-0.25, -0.2) is 0 Å². The van der Waals surface area contributed by atoms with Crippen LogP contribution in [-0.2, 0) is 11.3 Å². The van der Waals surface area contributed by atoms with E-state index >= 15 is 0 Å². The fraction of sp³-hybridized carbons (Fsp3) is 0.389. The monoisotopic (exact) mass is 331 g/mol. The zero-order chi connectivity index (χ0) is 16.1. The van der Waals surface area contributed by atoms with Gasteiger partial charge in [0.15, 0.2) is 6.54 Å². The molecule has 0 saturated carbocycles. The van der Waals surface area contributed by atoms with Crippen LogP contribution in [0, 0.1) is 6.92 Å². The summed E-state index contributed by atoms with van der Waals surface area (Å²) in [5, 5.41) is 5.16. The van der Waals surface area contributed by atoms with Gasteiger partial charge in [0.25, 0.3) is 5.91 Å². The lowest BCUT2D eigenvalue weighted by Crippen LogP contribution is -3.28. The molecule has 122 valence electrons. The van der Waals surface area contributed by atoms with Crippen LogP contribution in [0.3, 0.4) is 0 Å². The van der Waals surface area contributed by atoms with E-state index in [1.807, 2.05) is 42.5 Å². The molecule has 4 nitrogen and oxygen atoms in total. The molecule has 3 N–H and O–H groups in total. The number of quaternary nitrogens is 2. The molecule has 0 aliphatic carbocycles. The van der Waals surface area contributed by atoms with Crippen LogP contribution >= 0.6 is 11.3 Å². The second-order valence-corrected chi connectivity index (χ2v) is 7.38. The Labute approximate surface area is 141 Å². The maximum atomic E-state index is 12.2. The molecule has 1 aromatic carbocycles. The summed E-state index contributed by atoms with van der Waals surface area (Å²) in [4.78, 5) is 16.7. The third-order valence-corrected chi connectivity index (χ3v) is 5.26. The van der Waals surface area contributed by atoms with Crippen LogP contribution < -0.4 is 15.1 Å². The number of hydrogen-bond acceptors (Lipinski definition) is 2. The summed E-state index contributed by atoms with van der Waals surface area (Å²) < 4.78 is 0.